The number of ether oxygens (including phenoxy) is 10. The van der Waals surface area contributed by atoms with Crippen molar-refractivity contribution in [1.82, 2.24) is 0 Å². The van der Waals surface area contributed by atoms with Crippen molar-refractivity contribution in [3.8, 4) is 96.5 Å². The minimum absolute atomic E-state index is 0.121. The molecule has 10 rings (SSSR count). The van der Waals surface area contributed by atoms with Gasteiger partial charge < -0.3 is 47.4 Å². The van der Waals surface area contributed by atoms with Crippen molar-refractivity contribution < 1.29 is 47.4 Å². The molecule has 0 radical (unpaired) electrons. The normalized spacial score (nSPS) is 17.3. The third kappa shape index (κ3) is 4.72. The zero-order chi connectivity index (χ0) is 32.9. The van der Waals surface area contributed by atoms with Crippen LogP contribution in [-0.4, -0.2) is 66.1 Å². The summed E-state index contributed by atoms with van der Waals surface area (Å²) < 4.78 is 62.6. The Morgan fingerprint density at radius 3 is 1.08 bits per heavy atom. The molecule has 0 fully saturated rings. The summed E-state index contributed by atoms with van der Waals surface area (Å²) in [6, 6.07) is 0. The van der Waals surface area contributed by atoms with E-state index in [4.69, 9.17) is 47.4 Å². The highest BCUT2D eigenvalue weighted by Gasteiger charge is 2.40. The van der Waals surface area contributed by atoms with Gasteiger partial charge in [-0.2, -0.15) is 0 Å². The summed E-state index contributed by atoms with van der Waals surface area (Å²) in [6.07, 6.45) is 0. The molecule has 0 atom stereocenters. The van der Waals surface area contributed by atoms with Crippen LogP contribution >= 0.6 is 56.7 Å². The number of thiophene rings is 5. The van der Waals surface area contributed by atoms with Crippen LogP contribution in [0.2, 0.25) is 0 Å². The molecule has 256 valence electrons. The Morgan fingerprint density at radius 1 is 0.367 bits per heavy atom. The first kappa shape index (κ1) is 30.3. The first-order valence-electron chi connectivity index (χ1n) is 16.0. The molecule has 10 nitrogen and oxygen atoms in total. The van der Waals surface area contributed by atoms with Crippen LogP contribution in [0.25, 0.3) is 39.0 Å². The van der Waals surface area contributed by atoms with E-state index in [1.54, 1.807) is 56.7 Å². The van der Waals surface area contributed by atoms with Crippen LogP contribution in [-0.2, 0) is 5.41 Å². The van der Waals surface area contributed by atoms with E-state index >= 15 is 0 Å². The molecule has 0 spiro atoms. The van der Waals surface area contributed by atoms with Gasteiger partial charge in [-0.05, 0) is 0 Å². The Morgan fingerprint density at radius 2 is 0.673 bits per heavy atom. The predicted molar refractivity (Wildman–Crippen MR) is 191 cm³/mol. The van der Waals surface area contributed by atoms with Gasteiger partial charge in [0.05, 0.1) is 43.9 Å². The van der Waals surface area contributed by atoms with Crippen molar-refractivity contribution >= 4 is 56.7 Å². The van der Waals surface area contributed by atoms with Crippen molar-refractivity contribution in [2.24, 2.45) is 0 Å². The van der Waals surface area contributed by atoms with Crippen molar-refractivity contribution in [2.75, 3.05) is 66.1 Å². The summed E-state index contributed by atoms with van der Waals surface area (Å²) in [5, 5.41) is 1.99. The number of fused-ring (bicyclic) bond motifs is 5. The van der Waals surface area contributed by atoms with Gasteiger partial charge in [0.15, 0.2) is 57.5 Å². The van der Waals surface area contributed by atoms with Gasteiger partial charge in [0.2, 0.25) is 0 Å². The molecule has 10 heterocycles. The zero-order valence-corrected chi connectivity index (χ0v) is 30.9. The molecule has 5 aromatic rings. The van der Waals surface area contributed by atoms with E-state index in [1.807, 2.05) is 5.38 Å². The summed E-state index contributed by atoms with van der Waals surface area (Å²) in [6.45, 7) is 11.4. The van der Waals surface area contributed by atoms with Crippen LogP contribution in [0.1, 0.15) is 25.6 Å². The van der Waals surface area contributed by atoms with Crippen LogP contribution in [0.5, 0.6) is 57.5 Å². The third-order valence-electron chi connectivity index (χ3n) is 8.40. The van der Waals surface area contributed by atoms with Gasteiger partial charge >= 0.3 is 0 Å². The highest BCUT2D eigenvalue weighted by atomic mass is 32.1. The molecule has 15 heteroatoms. The van der Waals surface area contributed by atoms with Crippen LogP contribution in [0.15, 0.2) is 5.38 Å². The Bertz CT molecular complexity index is 2110. The topological polar surface area (TPSA) is 92.3 Å². The first-order chi connectivity index (χ1) is 24.0. The second-order valence-corrected chi connectivity index (χ2v) is 17.6. The molecule has 0 N–H and O–H groups in total. The van der Waals surface area contributed by atoms with E-state index in [2.05, 4.69) is 20.8 Å². The Hall–Kier alpha value is -3.50. The van der Waals surface area contributed by atoms with Crippen molar-refractivity contribution in [1.29, 1.82) is 0 Å². The smallest absolute Gasteiger partial charge is 0.181 e. The standard InChI is InChI=1S/C34H30O10S5/c1-34(2,3)33-24-23(43-12-13-44-24)32(49-33)31-22-21(41-10-11-42-22)30(48-31)29-20-19(39-8-9-40-20)28(47-29)27-18-17(37-6-7-38-18)26(46-27)25-16-15(14-45-25)35-4-5-36-16/h14H,4-13H2,1-3H3. The highest BCUT2D eigenvalue weighted by molar-refractivity contribution is 7.31. The molecule has 0 saturated carbocycles. The SMILES string of the molecule is CC(C)(C)c1sc(-c2sc(-c3sc(-c4sc(-c5scc6c5OCCO6)c5c4OCCO5)c4c3OCCO4)c3c2OCCO3)c2c1OCCO2. The molecule has 5 aliphatic heterocycles. The second-order valence-electron chi connectivity index (χ2n) is 12.7. The lowest BCUT2D eigenvalue weighted by atomic mass is 9.94. The van der Waals surface area contributed by atoms with E-state index in [9.17, 15) is 0 Å². The van der Waals surface area contributed by atoms with Gasteiger partial charge in [0.1, 0.15) is 66.1 Å². The van der Waals surface area contributed by atoms with E-state index < -0.39 is 0 Å². The summed E-state index contributed by atoms with van der Waals surface area (Å²) in [4.78, 5) is 8.73. The minimum Gasteiger partial charge on any atom is -0.485 e. The Kier molecular flexibility index (Phi) is 7.13. The molecule has 0 unspecified atom stereocenters. The number of rotatable bonds is 4. The van der Waals surface area contributed by atoms with Crippen LogP contribution in [0.3, 0.4) is 0 Å². The monoisotopic (exact) mass is 758 g/mol. The quantitative estimate of drug-likeness (QED) is 0.177. The molecule has 0 saturated heterocycles. The average Bonchev–Trinajstić information content (AvgIpc) is 3.94. The van der Waals surface area contributed by atoms with Crippen molar-refractivity contribution in [3.05, 3.63) is 10.3 Å². The fourth-order valence-electron chi connectivity index (χ4n) is 6.36. The van der Waals surface area contributed by atoms with Gasteiger partial charge in [-0.1, -0.05) is 20.8 Å². The molecule has 5 aromatic heterocycles. The number of hydrogen-bond acceptors (Lipinski definition) is 15. The summed E-state index contributed by atoms with van der Waals surface area (Å²) in [5.74, 6) is 7.39. The lowest BCUT2D eigenvalue weighted by Crippen LogP contribution is -2.18. The van der Waals surface area contributed by atoms with E-state index in [1.165, 1.54) is 0 Å². The van der Waals surface area contributed by atoms with Crippen molar-refractivity contribution in [2.45, 2.75) is 26.2 Å². The second kappa shape index (κ2) is 11.5. The maximum Gasteiger partial charge on any atom is 0.181 e. The maximum atomic E-state index is 6.41. The van der Waals surface area contributed by atoms with Crippen LogP contribution in [0, 0.1) is 0 Å². The fraction of sp³-hybridized carbons (Fsp3) is 0.412. The first-order valence-corrected chi connectivity index (χ1v) is 20.2. The summed E-state index contributed by atoms with van der Waals surface area (Å²) in [7, 11) is 0. The average molecular weight is 759 g/mol. The highest BCUT2D eigenvalue weighted by Crippen LogP contribution is 2.67. The molecule has 5 aliphatic rings. The van der Waals surface area contributed by atoms with Gasteiger partial charge in [0.25, 0.3) is 0 Å². The van der Waals surface area contributed by atoms with Crippen molar-refractivity contribution in [3.63, 3.8) is 0 Å². The summed E-state index contributed by atoms with van der Waals surface area (Å²) >= 11 is 8.13. The Labute approximate surface area is 301 Å². The molecule has 49 heavy (non-hydrogen) atoms. The molecule has 0 bridgehead atoms. The van der Waals surface area contributed by atoms with Gasteiger partial charge in [-0.3, -0.25) is 0 Å². The molecule has 0 aliphatic carbocycles. The van der Waals surface area contributed by atoms with E-state index in [0.717, 1.165) is 78.4 Å². The molecule has 0 amide bonds. The van der Waals surface area contributed by atoms with E-state index in [0.29, 0.717) is 89.1 Å². The van der Waals surface area contributed by atoms with Gasteiger partial charge in [-0.15, -0.1) is 56.7 Å². The largest absolute Gasteiger partial charge is 0.485 e. The molecule has 0 aromatic carbocycles. The minimum atomic E-state index is -0.121. The fourth-order valence-corrected chi connectivity index (χ4v) is 12.6. The van der Waals surface area contributed by atoms with E-state index in [-0.39, 0.29) is 5.41 Å². The molecular weight excluding hydrogens is 729 g/mol. The Balaban J connectivity index is 1.15. The summed E-state index contributed by atoms with van der Waals surface area (Å²) in [5.41, 5.74) is -0.121. The third-order valence-corrected chi connectivity index (χ3v) is 15.0. The lowest BCUT2D eigenvalue weighted by molar-refractivity contribution is 0.170. The van der Waals surface area contributed by atoms with Crippen LogP contribution < -0.4 is 47.4 Å². The predicted octanol–water partition coefficient (Wildman–Crippen LogP) is 8.82. The zero-order valence-electron chi connectivity index (χ0n) is 26.8. The number of hydrogen-bond donors (Lipinski definition) is 0. The van der Waals surface area contributed by atoms with Gasteiger partial charge in [-0.25, -0.2) is 0 Å². The molecular formula is C34H30O10S5. The van der Waals surface area contributed by atoms with Crippen LogP contribution in [0.4, 0.5) is 0 Å². The van der Waals surface area contributed by atoms with Gasteiger partial charge in [0, 0.05) is 10.8 Å². The lowest BCUT2D eigenvalue weighted by Gasteiger charge is -2.22. The maximum absolute atomic E-state index is 6.41.